The Hall–Kier alpha value is -2.21. The van der Waals surface area contributed by atoms with Gasteiger partial charge in [-0.25, -0.2) is 4.98 Å². The van der Waals surface area contributed by atoms with Crippen LogP contribution in [-0.4, -0.2) is 50.4 Å². The number of likely N-dealkylation sites (N-methyl/N-ethyl adjacent to an activating group) is 1. The van der Waals surface area contributed by atoms with Crippen LogP contribution in [-0.2, 0) is 24.4 Å². The lowest BCUT2D eigenvalue weighted by Crippen LogP contribution is -2.41. The summed E-state index contributed by atoms with van der Waals surface area (Å²) < 4.78 is 2.14. The van der Waals surface area contributed by atoms with Crippen molar-refractivity contribution >= 4 is 5.91 Å². The van der Waals surface area contributed by atoms with Crippen LogP contribution in [0.1, 0.15) is 17.1 Å². The number of fused-ring (bicyclic) bond motifs is 1. The molecule has 1 aliphatic rings. The van der Waals surface area contributed by atoms with Crippen molar-refractivity contribution in [2.75, 3.05) is 20.1 Å². The van der Waals surface area contributed by atoms with Gasteiger partial charge in [0.2, 0.25) is 5.91 Å². The molecule has 0 unspecified atom stereocenters. The molecule has 0 spiro atoms. The van der Waals surface area contributed by atoms with E-state index in [1.807, 2.05) is 44.7 Å². The first kappa shape index (κ1) is 14.7. The van der Waals surface area contributed by atoms with Gasteiger partial charge in [-0.1, -0.05) is 6.07 Å². The van der Waals surface area contributed by atoms with Crippen LogP contribution in [0.4, 0.5) is 0 Å². The van der Waals surface area contributed by atoms with E-state index < -0.39 is 0 Å². The summed E-state index contributed by atoms with van der Waals surface area (Å²) in [6.45, 7) is 5.48. The minimum atomic E-state index is 0.113. The van der Waals surface area contributed by atoms with Crippen molar-refractivity contribution in [3.8, 4) is 0 Å². The topological polar surface area (TPSA) is 54.3 Å². The van der Waals surface area contributed by atoms with E-state index in [1.165, 1.54) is 0 Å². The monoisotopic (exact) mass is 299 g/mol. The summed E-state index contributed by atoms with van der Waals surface area (Å²) >= 11 is 0. The van der Waals surface area contributed by atoms with Gasteiger partial charge < -0.3 is 9.47 Å². The van der Waals surface area contributed by atoms with Crippen molar-refractivity contribution in [3.63, 3.8) is 0 Å². The number of pyridine rings is 1. The van der Waals surface area contributed by atoms with Crippen molar-refractivity contribution in [2.45, 2.75) is 26.6 Å². The molecule has 3 heterocycles. The highest BCUT2D eigenvalue weighted by Gasteiger charge is 2.20. The summed E-state index contributed by atoms with van der Waals surface area (Å²) in [5, 5.41) is 0. The molecule has 0 bridgehead atoms. The van der Waals surface area contributed by atoms with Gasteiger partial charge in [-0.2, -0.15) is 0 Å². The van der Waals surface area contributed by atoms with Gasteiger partial charge in [0.1, 0.15) is 5.82 Å². The molecule has 1 amide bonds. The second-order valence-electron chi connectivity index (χ2n) is 5.82. The summed E-state index contributed by atoms with van der Waals surface area (Å²) in [4.78, 5) is 24.9. The molecule has 2 aromatic rings. The van der Waals surface area contributed by atoms with Gasteiger partial charge in [0.05, 0.1) is 25.3 Å². The Labute approximate surface area is 130 Å². The van der Waals surface area contributed by atoms with Crippen LogP contribution < -0.4 is 0 Å². The Morgan fingerprint density at radius 3 is 2.95 bits per heavy atom. The lowest BCUT2D eigenvalue weighted by Gasteiger charge is -2.28. The molecule has 116 valence electrons. The first-order chi connectivity index (χ1) is 10.6. The van der Waals surface area contributed by atoms with E-state index in [0.29, 0.717) is 13.1 Å². The number of rotatable bonds is 4. The quantitative estimate of drug-likeness (QED) is 0.847. The average molecular weight is 299 g/mol. The number of carbonyl (C=O) groups is 1. The molecule has 0 saturated carbocycles. The van der Waals surface area contributed by atoms with Crippen LogP contribution in [0.2, 0.25) is 0 Å². The molecule has 1 aliphatic heterocycles. The molecule has 2 aromatic heterocycles. The highest BCUT2D eigenvalue weighted by molar-refractivity contribution is 5.77. The van der Waals surface area contributed by atoms with Gasteiger partial charge in [0.15, 0.2) is 0 Å². The van der Waals surface area contributed by atoms with E-state index >= 15 is 0 Å². The Morgan fingerprint density at radius 1 is 1.32 bits per heavy atom. The molecule has 0 fully saturated rings. The standard InChI is InChI=1S/C16H21N5O/c1-13-3-4-14(18-9-13)10-19(2)16(22)12-20-7-8-21-6-5-17-15(21)11-20/h3-6,9H,7-8,10-12H2,1-2H3. The second-order valence-corrected chi connectivity index (χ2v) is 5.82. The molecule has 0 radical (unpaired) electrons. The minimum absolute atomic E-state index is 0.113. The molecular weight excluding hydrogens is 278 g/mol. The maximum absolute atomic E-state index is 12.4. The van der Waals surface area contributed by atoms with Crippen molar-refractivity contribution in [1.82, 2.24) is 24.3 Å². The molecule has 6 nitrogen and oxygen atoms in total. The maximum atomic E-state index is 12.4. The van der Waals surface area contributed by atoms with Gasteiger partial charge in [-0.05, 0) is 18.6 Å². The average Bonchev–Trinajstić information content (AvgIpc) is 2.97. The predicted octanol–water partition coefficient (Wildman–Crippen LogP) is 1.06. The van der Waals surface area contributed by atoms with Crippen molar-refractivity contribution < 1.29 is 4.79 Å². The molecule has 3 rings (SSSR count). The number of aryl methyl sites for hydroxylation is 1. The van der Waals surface area contributed by atoms with E-state index in [1.54, 1.807) is 4.90 Å². The summed E-state index contributed by atoms with van der Waals surface area (Å²) in [5.74, 6) is 1.14. The number of hydrogen-bond acceptors (Lipinski definition) is 4. The molecule has 22 heavy (non-hydrogen) atoms. The third kappa shape index (κ3) is 3.33. The Morgan fingerprint density at radius 2 is 2.18 bits per heavy atom. The van der Waals surface area contributed by atoms with Crippen LogP contribution in [0.15, 0.2) is 30.7 Å². The molecule has 0 saturated heterocycles. The lowest BCUT2D eigenvalue weighted by atomic mass is 10.2. The van der Waals surface area contributed by atoms with E-state index in [2.05, 4.69) is 19.4 Å². The van der Waals surface area contributed by atoms with Crippen molar-refractivity contribution in [1.29, 1.82) is 0 Å². The van der Waals surface area contributed by atoms with Gasteiger partial charge in [0, 0.05) is 38.7 Å². The minimum Gasteiger partial charge on any atom is -0.339 e. The summed E-state index contributed by atoms with van der Waals surface area (Å²) in [6.07, 6.45) is 5.64. The van der Waals surface area contributed by atoms with E-state index in [9.17, 15) is 4.79 Å². The van der Waals surface area contributed by atoms with Crippen LogP contribution in [0, 0.1) is 6.92 Å². The fourth-order valence-electron chi connectivity index (χ4n) is 2.59. The highest BCUT2D eigenvalue weighted by Crippen LogP contribution is 2.10. The first-order valence-corrected chi connectivity index (χ1v) is 7.49. The first-order valence-electron chi connectivity index (χ1n) is 7.49. The largest absolute Gasteiger partial charge is 0.339 e. The zero-order valence-corrected chi connectivity index (χ0v) is 13.1. The van der Waals surface area contributed by atoms with E-state index in [0.717, 1.165) is 36.7 Å². The van der Waals surface area contributed by atoms with Crippen LogP contribution >= 0.6 is 0 Å². The molecule has 0 N–H and O–H groups in total. The predicted molar refractivity (Wildman–Crippen MR) is 83.0 cm³/mol. The fourth-order valence-corrected chi connectivity index (χ4v) is 2.59. The number of amides is 1. The number of aromatic nitrogens is 3. The molecular formula is C16H21N5O. The zero-order chi connectivity index (χ0) is 15.5. The van der Waals surface area contributed by atoms with Crippen LogP contribution in [0.3, 0.4) is 0 Å². The summed E-state index contributed by atoms with van der Waals surface area (Å²) in [6, 6.07) is 3.99. The number of imidazole rings is 1. The van der Waals surface area contributed by atoms with Gasteiger partial charge in [-0.15, -0.1) is 0 Å². The number of nitrogens with zero attached hydrogens (tertiary/aromatic N) is 5. The van der Waals surface area contributed by atoms with Crippen molar-refractivity contribution in [2.24, 2.45) is 0 Å². The third-order valence-corrected chi connectivity index (χ3v) is 3.98. The SMILES string of the molecule is Cc1ccc(CN(C)C(=O)CN2CCn3ccnc3C2)nc1. The summed E-state index contributed by atoms with van der Waals surface area (Å²) in [5.41, 5.74) is 2.04. The third-order valence-electron chi connectivity index (χ3n) is 3.98. The normalized spacial score (nSPS) is 14.6. The van der Waals surface area contributed by atoms with E-state index in [4.69, 9.17) is 0 Å². The zero-order valence-electron chi connectivity index (χ0n) is 13.1. The van der Waals surface area contributed by atoms with Gasteiger partial charge in [0.25, 0.3) is 0 Å². The smallest absolute Gasteiger partial charge is 0.236 e. The number of carbonyl (C=O) groups excluding carboxylic acids is 1. The second kappa shape index (κ2) is 6.27. The van der Waals surface area contributed by atoms with Crippen molar-refractivity contribution in [3.05, 3.63) is 47.8 Å². The fraction of sp³-hybridized carbons (Fsp3) is 0.438. The van der Waals surface area contributed by atoms with Gasteiger partial charge in [-0.3, -0.25) is 14.7 Å². The van der Waals surface area contributed by atoms with Crippen LogP contribution in [0.5, 0.6) is 0 Å². The van der Waals surface area contributed by atoms with Crippen LogP contribution in [0.25, 0.3) is 0 Å². The number of hydrogen-bond donors (Lipinski definition) is 0. The van der Waals surface area contributed by atoms with E-state index in [-0.39, 0.29) is 5.91 Å². The Kier molecular flexibility index (Phi) is 4.20. The van der Waals surface area contributed by atoms with Gasteiger partial charge >= 0.3 is 0 Å². The lowest BCUT2D eigenvalue weighted by molar-refractivity contribution is -0.132. The molecule has 0 aromatic carbocycles. The summed E-state index contributed by atoms with van der Waals surface area (Å²) in [7, 11) is 1.83. The Balaban J connectivity index is 1.54. The molecule has 6 heteroatoms. The maximum Gasteiger partial charge on any atom is 0.236 e. The Bertz CT molecular complexity index is 649. The molecule has 0 aliphatic carbocycles. The molecule has 0 atom stereocenters. The highest BCUT2D eigenvalue weighted by atomic mass is 16.2.